The molecule has 0 atom stereocenters. The average Bonchev–Trinajstić information content (AvgIpc) is 3.05. The zero-order valence-corrected chi connectivity index (χ0v) is 15.5. The number of aromatic amines is 1. The first-order chi connectivity index (χ1) is 13.2. The molecular formula is C21H23N3O3. The number of methoxy groups -OCH3 is 1. The molecule has 0 bridgehead atoms. The standard InChI is InChI=1S/C21H23N3O3/c1-14-16-8-7-15(26-2)13-18(16)22-20(14)21(25)23-17-5-3-4-6-19(17)24-9-11-27-12-10-24/h3-8,13,22H,9-12H2,1-2H3,(H,23,25). The molecule has 0 saturated carbocycles. The number of carbonyl (C=O) groups excluding carboxylic acids is 1. The van der Waals surface area contributed by atoms with Gasteiger partial charge in [-0.05, 0) is 36.8 Å². The van der Waals surface area contributed by atoms with E-state index in [4.69, 9.17) is 9.47 Å². The van der Waals surface area contributed by atoms with Crippen LogP contribution >= 0.6 is 0 Å². The molecule has 1 aliphatic heterocycles. The van der Waals surface area contributed by atoms with Gasteiger partial charge >= 0.3 is 0 Å². The number of aryl methyl sites for hydroxylation is 1. The minimum absolute atomic E-state index is 0.150. The first kappa shape index (κ1) is 17.4. The summed E-state index contributed by atoms with van der Waals surface area (Å²) in [5.41, 5.74) is 4.20. The van der Waals surface area contributed by atoms with E-state index in [-0.39, 0.29) is 5.91 Å². The predicted molar refractivity (Wildman–Crippen MR) is 107 cm³/mol. The number of amides is 1. The van der Waals surface area contributed by atoms with Gasteiger partial charge in [0, 0.05) is 30.1 Å². The van der Waals surface area contributed by atoms with E-state index < -0.39 is 0 Å². The summed E-state index contributed by atoms with van der Waals surface area (Å²) in [4.78, 5) is 18.4. The summed E-state index contributed by atoms with van der Waals surface area (Å²) in [6, 6.07) is 13.7. The van der Waals surface area contributed by atoms with Crippen LogP contribution in [0.25, 0.3) is 10.9 Å². The van der Waals surface area contributed by atoms with Crippen molar-refractivity contribution in [2.75, 3.05) is 43.6 Å². The molecule has 1 saturated heterocycles. The van der Waals surface area contributed by atoms with Crippen LogP contribution in [-0.4, -0.2) is 44.3 Å². The molecule has 2 N–H and O–H groups in total. The SMILES string of the molecule is COc1ccc2c(C)c(C(=O)Nc3ccccc3N3CCOCC3)[nH]c2c1. The van der Waals surface area contributed by atoms with E-state index in [0.717, 1.165) is 46.7 Å². The van der Waals surface area contributed by atoms with Crippen LogP contribution in [0.3, 0.4) is 0 Å². The first-order valence-electron chi connectivity index (χ1n) is 9.07. The molecule has 140 valence electrons. The second-order valence-electron chi connectivity index (χ2n) is 6.61. The number of hydrogen-bond donors (Lipinski definition) is 2. The minimum atomic E-state index is -0.150. The van der Waals surface area contributed by atoms with Gasteiger partial charge in [0.05, 0.1) is 31.7 Å². The maximum atomic E-state index is 13.0. The van der Waals surface area contributed by atoms with E-state index in [1.165, 1.54) is 0 Å². The Morgan fingerprint density at radius 2 is 1.96 bits per heavy atom. The Balaban J connectivity index is 1.63. The number of para-hydroxylation sites is 2. The fraction of sp³-hybridized carbons (Fsp3) is 0.286. The lowest BCUT2D eigenvalue weighted by Gasteiger charge is -2.30. The van der Waals surface area contributed by atoms with Crippen molar-refractivity contribution >= 4 is 28.2 Å². The van der Waals surface area contributed by atoms with Gasteiger partial charge in [0.1, 0.15) is 11.4 Å². The molecule has 6 heteroatoms. The maximum Gasteiger partial charge on any atom is 0.272 e. The van der Waals surface area contributed by atoms with Crippen LogP contribution in [-0.2, 0) is 4.74 Å². The first-order valence-corrected chi connectivity index (χ1v) is 9.07. The number of H-pyrrole nitrogens is 1. The Kier molecular flexibility index (Phi) is 4.73. The van der Waals surface area contributed by atoms with Crippen LogP contribution in [0.4, 0.5) is 11.4 Å². The van der Waals surface area contributed by atoms with Crippen molar-refractivity contribution in [1.29, 1.82) is 0 Å². The van der Waals surface area contributed by atoms with Crippen LogP contribution in [0.15, 0.2) is 42.5 Å². The number of nitrogens with zero attached hydrogens (tertiary/aromatic N) is 1. The van der Waals surface area contributed by atoms with Crippen molar-refractivity contribution in [3.63, 3.8) is 0 Å². The van der Waals surface area contributed by atoms with Crippen LogP contribution in [0.2, 0.25) is 0 Å². The molecule has 1 fully saturated rings. The predicted octanol–water partition coefficient (Wildman–Crippen LogP) is 3.57. The smallest absolute Gasteiger partial charge is 0.272 e. The van der Waals surface area contributed by atoms with Crippen molar-refractivity contribution in [2.45, 2.75) is 6.92 Å². The van der Waals surface area contributed by atoms with Gasteiger partial charge in [-0.25, -0.2) is 0 Å². The molecule has 0 unspecified atom stereocenters. The van der Waals surface area contributed by atoms with Gasteiger partial charge in [-0.2, -0.15) is 0 Å². The van der Waals surface area contributed by atoms with E-state index >= 15 is 0 Å². The van der Waals surface area contributed by atoms with Crippen LogP contribution in [0, 0.1) is 6.92 Å². The van der Waals surface area contributed by atoms with E-state index in [0.29, 0.717) is 18.9 Å². The molecule has 0 aliphatic carbocycles. The number of morpholine rings is 1. The number of benzene rings is 2. The molecule has 6 nitrogen and oxygen atoms in total. The molecule has 1 amide bonds. The lowest BCUT2D eigenvalue weighted by atomic mass is 10.1. The number of hydrogen-bond acceptors (Lipinski definition) is 4. The van der Waals surface area contributed by atoms with E-state index in [9.17, 15) is 4.79 Å². The molecule has 2 aromatic carbocycles. The molecule has 1 aliphatic rings. The van der Waals surface area contributed by atoms with Gasteiger partial charge in [-0.3, -0.25) is 4.79 Å². The molecular weight excluding hydrogens is 342 g/mol. The summed E-state index contributed by atoms with van der Waals surface area (Å²) >= 11 is 0. The summed E-state index contributed by atoms with van der Waals surface area (Å²) < 4.78 is 10.7. The molecule has 0 radical (unpaired) electrons. The van der Waals surface area contributed by atoms with Crippen LogP contribution in [0.5, 0.6) is 5.75 Å². The van der Waals surface area contributed by atoms with Gasteiger partial charge < -0.3 is 24.7 Å². The van der Waals surface area contributed by atoms with E-state index in [1.807, 2.05) is 49.4 Å². The van der Waals surface area contributed by atoms with Gasteiger partial charge in [0.2, 0.25) is 0 Å². The number of rotatable bonds is 4. The number of fused-ring (bicyclic) bond motifs is 1. The summed E-state index contributed by atoms with van der Waals surface area (Å²) in [5, 5.41) is 4.09. The Labute approximate surface area is 158 Å². The van der Waals surface area contributed by atoms with Crippen molar-refractivity contribution in [3.05, 3.63) is 53.7 Å². The van der Waals surface area contributed by atoms with Gasteiger partial charge in [-0.15, -0.1) is 0 Å². The van der Waals surface area contributed by atoms with Gasteiger partial charge in [0.25, 0.3) is 5.91 Å². The lowest BCUT2D eigenvalue weighted by molar-refractivity contribution is 0.102. The summed E-state index contributed by atoms with van der Waals surface area (Å²) in [6.07, 6.45) is 0. The quantitative estimate of drug-likeness (QED) is 0.742. The third-order valence-corrected chi connectivity index (χ3v) is 5.00. The van der Waals surface area contributed by atoms with Crippen molar-refractivity contribution < 1.29 is 14.3 Å². The van der Waals surface area contributed by atoms with Crippen LogP contribution in [0.1, 0.15) is 16.1 Å². The molecule has 2 heterocycles. The Morgan fingerprint density at radius 3 is 2.74 bits per heavy atom. The Hall–Kier alpha value is -2.99. The molecule has 3 aromatic rings. The number of anilines is 2. The van der Waals surface area contributed by atoms with Crippen LogP contribution < -0.4 is 15.0 Å². The molecule has 0 spiro atoms. The van der Waals surface area contributed by atoms with Gasteiger partial charge in [0.15, 0.2) is 0 Å². The molecule has 4 rings (SSSR count). The Bertz CT molecular complexity index is 974. The topological polar surface area (TPSA) is 66.6 Å². The van der Waals surface area contributed by atoms with E-state index in [2.05, 4.69) is 15.2 Å². The minimum Gasteiger partial charge on any atom is -0.497 e. The Morgan fingerprint density at radius 1 is 1.19 bits per heavy atom. The zero-order valence-electron chi connectivity index (χ0n) is 15.5. The summed E-state index contributed by atoms with van der Waals surface area (Å²) in [7, 11) is 1.63. The summed E-state index contributed by atoms with van der Waals surface area (Å²) in [6.45, 7) is 4.99. The highest BCUT2D eigenvalue weighted by Gasteiger charge is 2.19. The average molecular weight is 365 g/mol. The maximum absolute atomic E-state index is 13.0. The number of aromatic nitrogens is 1. The highest BCUT2D eigenvalue weighted by Crippen LogP contribution is 2.29. The normalized spacial score (nSPS) is 14.4. The number of carbonyl (C=O) groups is 1. The van der Waals surface area contributed by atoms with Crippen molar-refractivity contribution in [3.8, 4) is 5.75 Å². The highest BCUT2D eigenvalue weighted by atomic mass is 16.5. The molecule has 27 heavy (non-hydrogen) atoms. The lowest BCUT2D eigenvalue weighted by Crippen LogP contribution is -2.36. The third kappa shape index (κ3) is 3.36. The monoisotopic (exact) mass is 365 g/mol. The third-order valence-electron chi connectivity index (χ3n) is 5.00. The second kappa shape index (κ2) is 7.32. The summed E-state index contributed by atoms with van der Waals surface area (Å²) in [5.74, 6) is 0.608. The van der Waals surface area contributed by atoms with Crippen molar-refractivity contribution in [2.24, 2.45) is 0 Å². The fourth-order valence-corrected chi connectivity index (χ4v) is 3.52. The zero-order chi connectivity index (χ0) is 18.8. The van der Waals surface area contributed by atoms with Crippen molar-refractivity contribution in [1.82, 2.24) is 4.98 Å². The number of nitrogens with one attached hydrogen (secondary N) is 2. The largest absolute Gasteiger partial charge is 0.497 e. The number of ether oxygens (including phenoxy) is 2. The van der Waals surface area contributed by atoms with E-state index in [1.54, 1.807) is 7.11 Å². The highest BCUT2D eigenvalue weighted by molar-refractivity contribution is 6.09. The fourth-order valence-electron chi connectivity index (χ4n) is 3.52. The second-order valence-corrected chi connectivity index (χ2v) is 6.61. The molecule has 1 aromatic heterocycles. The van der Waals surface area contributed by atoms with Gasteiger partial charge in [-0.1, -0.05) is 12.1 Å².